The highest BCUT2D eigenvalue weighted by atomic mass is 79.9. The molecule has 0 aliphatic heterocycles. The molecule has 1 amide bonds. The molecule has 0 saturated carbocycles. The summed E-state index contributed by atoms with van der Waals surface area (Å²) in [6.07, 6.45) is -4.52. The third-order valence-electron chi connectivity index (χ3n) is 3.94. The fourth-order valence-electron chi connectivity index (χ4n) is 2.45. The number of carbonyl (C=O) groups excluding carboxylic acids is 2. The predicted octanol–water partition coefficient (Wildman–Crippen LogP) is 6.59. The first-order chi connectivity index (χ1) is 14.1. The highest BCUT2D eigenvalue weighted by Gasteiger charge is 2.30. The highest BCUT2D eigenvalue weighted by molar-refractivity contribution is 9.10. The van der Waals surface area contributed by atoms with E-state index in [1.54, 1.807) is 24.3 Å². The fraction of sp³-hybridized carbons (Fsp3) is 0.0476. The molecule has 4 nitrogen and oxygen atoms in total. The number of carbonyl (C=O) groups is 2. The van der Waals surface area contributed by atoms with E-state index in [1.165, 1.54) is 18.2 Å². The summed E-state index contributed by atoms with van der Waals surface area (Å²) in [5.41, 5.74) is -0.459. The van der Waals surface area contributed by atoms with E-state index in [4.69, 9.17) is 16.3 Å². The summed E-state index contributed by atoms with van der Waals surface area (Å²) in [6.45, 7) is 0. The van der Waals surface area contributed by atoms with E-state index >= 15 is 0 Å². The molecule has 3 aromatic rings. The number of nitrogens with one attached hydrogen (secondary N) is 1. The van der Waals surface area contributed by atoms with Crippen molar-refractivity contribution in [2.75, 3.05) is 5.32 Å². The van der Waals surface area contributed by atoms with Crippen LogP contribution < -0.4 is 10.1 Å². The number of benzene rings is 3. The maximum absolute atomic E-state index is 12.7. The summed E-state index contributed by atoms with van der Waals surface area (Å²) in [5.74, 6) is -1.60. The second-order valence-corrected chi connectivity index (χ2v) is 7.42. The molecule has 0 radical (unpaired) electrons. The van der Waals surface area contributed by atoms with Crippen LogP contribution in [0, 0.1) is 0 Å². The van der Waals surface area contributed by atoms with Gasteiger partial charge in [-0.2, -0.15) is 13.2 Å². The van der Waals surface area contributed by atoms with Crippen molar-refractivity contribution in [2.24, 2.45) is 0 Å². The van der Waals surface area contributed by atoms with Gasteiger partial charge in [-0.25, -0.2) is 4.79 Å². The zero-order chi connectivity index (χ0) is 21.9. The van der Waals surface area contributed by atoms with Crippen LogP contribution in [-0.2, 0) is 6.18 Å². The van der Waals surface area contributed by atoms with Crippen LogP contribution >= 0.6 is 27.5 Å². The first kappa shape index (κ1) is 21.9. The summed E-state index contributed by atoms with van der Waals surface area (Å²) < 4.78 is 44.1. The second kappa shape index (κ2) is 8.89. The quantitative estimate of drug-likeness (QED) is 0.326. The number of hydrogen-bond donors (Lipinski definition) is 1. The van der Waals surface area contributed by atoms with E-state index in [2.05, 4.69) is 21.2 Å². The molecule has 1 N–H and O–H groups in total. The number of alkyl halides is 3. The van der Waals surface area contributed by atoms with Gasteiger partial charge in [0.05, 0.1) is 16.7 Å². The largest absolute Gasteiger partial charge is 0.422 e. The van der Waals surface area contributed by atoms with Crippen molar-refractivity contribution in [3.05, 3.63) is 92.9 Å². The fourth-order valence-corrected chi connectivity index (χ4v) is 2.88. The van der Waals surface area contributed by atoms with Gasteiger partial charge in [-0.15, -0.1) is 0 Å². The number of esters is 1. The van der Waals surface area contributed by atoms with Gasteiger partial charge < -0.3 is 10.1 Å². The first-order valence-electron chi connectivity index (χ1n) is 8.39. The van der Waals surface area contributed by atoms with Crippen LogP contribution in [0.5, 0.6) is 5.75 Å². The van der Waals surface area contributed by atoms with Crippen LogP contribution in [0.3, 0.4) is 0 Å². The zero-order valence-electron chi connectivity index (χ0n) is 15.0. The normalized spacial score (nSPS) is 11.1. The zero-order valence-corrected chi connectivity index (χ0v) is 17.3. The van der Waals surface area contributed by atoms with Gasteiger partial charge >= 0.3 is 12.1 Å². The monoisotopic (exact) mass is 497 g/mol. The Kier molecular flexibility index (Phi) is 6.48. The third-order valence-corrected chi connectivity index (χ3v) is 4.70. The Morgan fingerprint density at radius 2 is 1.57 bits per heavy atom. The molecule has 0 fully saturated rings. The second-order valence-electron chi connectivity index (χ2n) is 6.07. The smallest absolute Gasteiger partial charge is 0.416 e. The first-order valence-corrected chi connectivity index (χ1v) is 9.56. The van der Waals surface area contributed by atoms with Crippen molar-refractivity contribution in [2.45, 2.75) is 6.18 Å². The summed E-state index contributed by atoms with van der Waals surface area (Å²) in [5, 5.41) is 2.88. The lowest BCUT2D eigenvalue weighted by molar-refractivity contribution is -0.137. The van der Waals surface area contributed by atoms with Crippen molar-refractivity contribution < 1.29 is 27.5 Å². The van der Waals surface area contributed by atoms with E-state index in [-0.39, 0.29) is 21.9 Å². The summed E-state index contributed by atoms with van der Waals surface area (Å²) >= 11 is 9.24. The van der Waals surface area contributed by atoms with Gasteiger partial charge in [0.25, 0.3) is 5.91 Å². The molecular weight excluding hydrogens is 487 g/mol. The van der Waals surface area contributed by atoms with Crippen LogP contribution in [0.2, 0.25) is 5.02 Å². The summed E-state index contributed by atoms with van der Waals surface area (Å²) in [4.78, 5) is 25.0. The lowest BCUT2D eigenvalue weighted by Crippen LogP contribution is -2.16. The maximum Gasteiger partial charge on any atom is 0.416 e. The molecule has 3 aromatic carbocycles. The molecule has 0 aliphatic rings. The molecule has 0 spiro atoms. The van der Waals surface area contributed by atoms with Crippen molar-refractivity contribution in [1.29, 1.82) is 0 Å². The molecule has 0 bridgehead atoms. The minimum absolute atomic E-state index is 0.0302. The number of rotatable bonds is 4. The Morgan fingerprint density at radius 3 is 2.17 bits per heavy atom. The molecule has 154 valence electrons. The predicted molar refractivity (Wildman–Crippen MR) is 110 cm³/mol. The molecule has 0 heterocycles. The minimum Gasteiger partial charge on any atom is -0.422 e. The summed E-state index contributed by atoms with van der Waals surface area (Å²) in [7, 11) is 0. The Balaban J connectivity index is 1.81. The van der Waals surface area contributed by atoms with Gasteiger partial charge in [0.2, 0.25) is 0 Å². The molecule has 0 aromatic heterocycles. The number of amides is 1. The lowest BCUT2D eigenvalue weighted by Gasteiger charge is -2.12. The van der Waals surface area contributed by atoms with E-state index in [0.29, 0.717) is 5.69 Å². The summed E-state index contributed by atoms with van der Waals surface area (Å²) in [6, 6.07) is 14.5. The van der Waals surface area contributed by atoms with Crippen LogP contribution in [0.15, 0.2) is 71.2 Å². The van der Waals surface area contributed by atoms with Gasteiger partial charge in [0.15, 0.2) is 0 Å². The average Bonchev–Trinajstić information content (AvgIpc) is 2.69. The Morgan fingerprint density at radius 1 is 0.933 bits per heavy atom. The van der Waals surface area contributed by atoms with E-state index < -0.39 is 23.6 Å². The van der Waals surface area contributed by atoms with Gasteiger partial charge in [0.1, 0.15) is 5.75 Å². The van der Waals surface area contributed by atoms with Crippen LogP contribution in [0.4, 0.5) is 18.9 Å². The van der Waals surface area contributed by atoms with Crippen molar-refractivity contribution in [1.82, 2.24) is 0 Å². The number of ether oxygens (including phenoxy) is 1. The molecule has 9 heteroatoms. The third kappa shape index (κ3) is 5.40. The molecule has 30 heavy (non-hydrogen) atoms. The Labute approximate surface area is 182 Å². The SMILES string of the molecule is O=C(Oc1cc(Cl)ccc1C(=O)Nc1ccc(Br)cc1)c1ccc(C(F)(F)F)cc1. The van der Waals surface area contributed by atoms with E-state index in [9.17, 15) is 22.8 Å². The minimum atomic E-state index is -4.52. The maximum atomic E-state index is 12.7. The topological polar surface area (TPSA) is 55.4 Å². The van der Waals surface area contributed by atoms with Crippen LogP contribution in [0.25, 0.3) is 0 Å². The Bertz CT molecular complexity index is 1080. The van der Waals surface area contributed by atoms with Crippen LogP contribution in [-0.4, -0.2) is 11.9 Å². The van der Waals surface area contributed by atoms with E-state index in [1.807, 2.05) is 0 Å². The van der Waals surface area contributed by atoms with Crippen LogP contribution in [0.1, 0.15) is 26.3 Å². The number of halogens is 5. The number of anilines is 1. The molecule has 0 saturated heterocycles. The van der Waals surface area contributed by atoms with Gasteiger partial charge in [-0.05, 0) is 60.7 Å². The molecule has 0 atom stereocenters. The number of hydrogen-bond acceptors (Lipinski definition) is 3. The molecule has 3 rings (SSSR count). The van der Waals surface area contributed by atoms with Gasteiger partial charge in [-0.3, -0.25) is 4.79 Å². The Hall–Kier alpha value is -2.84. The van der Waals surface area contributed by atoms with Gasteiger partial charge in [0, 0.05) is 21.2 Å². The average molecular weight is 499 g/mol. The van der Waals surface area contributed by atoms with Crippen molar-refractivity contribution in [3.63, 3.8) is 0 Å². The molecule has 0 aliphatic carbocycles. The van der Waals surface area contributed by atoms with Gasteiger partial charge in [-0.1, -0.05) is 27.5 Å². The molecular formula is C21H12BrClF3NO3. The van der Waals surface area contributed by atoms with Crippen molar-refractivity contribution in [3.8, 4) is 5.75 Å². The van der Waals surface area contributed by atoms with Crippen molar-refractivity contribution >= 4 is 45.1 Å². The standard InChI is InChI=1S/C21H12BrClF3NO3/c22-14-5-8-16(9-6-14)27-19(28)17-10-7-15(23)11-18(17)30-20(29)12-1-3-13(4-2-12)21(24,25)26/h1-11H,(H,27,28). The lowest BCUT2D eigenvalue weighted by atomic mass is 10.1. The van der Waals surface area contributed by atoms with E-state index in [0.717, 1.165) is 28.7 Å². The highest BCUT2D eigenvalue weighted by Crippen LogP contribution is 2.30. The molecule has 0 unspecified atom stereocenters.